The summed E-state index contributed by atoms with van der Waals surface area (Å²) < 4.78 is 39.0. The molecule has 14 heteroatoms. The van der Waals surface area contributed by atoms with Gasteiger partial charge in [-0.3, -0.25) is 0 Å². The highest BCUT2D eigenvalue weighted by Crippen LogP contribution is 2.32. The number of hydrogen-bond donors (Lipinski definition) is 1. The van der Waals surface area contributed by atoms with E-state index in [1.54, 1.807) is 32.9 Å². The van der Waals surface area contributed by atoms with Crippen LogP contribution in [0.4, 0.5) is 4.79 Å². The maximum absolute atomic E-state index is 12.5. The molecule has 0 spiro atoms. The van der Waals surface area contributed by atoms with Crippen molar-refractivity contribution in [3.8, 4) is 46.1 Å². The lowest BCUT2D eigenvalue weighted by Gasteiger charge is -2.25. The van der Waals surface area contributed by atoms with Gasteiger partial charge in [-0.05, 0) is 41.5 Å². The van der Waals surface area contributed by atoms with Crippen molar-refractivity contribution in [3.63, 3.8) is 0 Å². The summed E-state index contributed by atoms with van der Waals surface area (Å²) in [5.41, 5.74) is 0.200. The van der Waals surface area contributed by atoms with Gasteiger partial charge in [-0.1, -0.05) is 30.3 Å². The minimum Gasteiger partial charge on any atom is -0.464 e. The summed E-state index contributed by atoms with van der Waals surface area (Å²) in [5, 5.41) is 2.74. The van der Waals surface area contributed by atoms with Gasteiger partial charge < -0.3 is 37.2 Å². The number of carbonyl (C=O) groups is 2. The van der Waals surface area contributed by atoms with E-state index in [1.165, 1.54) is 25.9 Å². The molecule has 0 fully saturated rings. The van der Waals surface area contributed by atoms with Crippen molar-refractivity contribution in [2.24, 2.45) is 0 Å². The molecule has 4 aromatic heterocycles. The lowest BCUT2D eigenvalue weighted by atomic mass is 10.1. The van der Waals surface area contributed by atoms with Crippen molar-refractivity contribution in [2.75, 3.05) is 13.7 Å². The van der Waals surface area contributed by atoms with Crippen LogP contribution in [-0.2, 0) is 14.2 Å². The Kier molecular flexibility index (Phi) is 8.60. The highest BCUT2D eigenvalue weighted by molar-refractivity contribution is 5.94. The van der Waals surface area contributed by atoms with E-state index in [9.17, 15) is 9.59 Å². The molecule has 0 radical (unpaired) electrons. The normalized spacial score (nSPS) is 12.6. The predicted octanol–water partition coefficient (Wildman–Crippen LogP) is 6.47. The molecule has 0 saturated heterocycles. The number of aromatic nitrogens is 4. The Morgan fingerprint density at radius 1 is 0.800 bits per heavy atom. The van der Waals surface area contributed by atoms with E-state index in [1.807, 2.05) is 39.0 Å². The minimum absolute atomic E-state index is 0.00108. The molecule has 0 bridgehead atoms. The molecule has 14 nitrogen and oxygen atoms in total. The number of nitrogens with one attached hydrogen (secondary N) is 1. The quantitative estimate of drug-likeness (QED) is 0.178. The number of ether oxygens (including phenoxy) is 3. The van der Waals surface area contributed by atoms with Gasteiger partial charge in [-0.2, -0.15) is 4.98 Å². The summed E-state index contributed by atoms with van der Waals surface area (Å²) in [6, 6.07) is 8.27. The van der Waals surface area contributed by atoms with Gasteiger partial charge in [0.2, 0.25) is 23.6 Å². The fourth-order valence-electron chi connectivity index (χ4n) is 3.93. The first-order chi connectivity index (χ1) is 21.3. The van der Waals surface area contributed by atoms with Crippen molar-refractivity contribution in [3.05, 3.63) is 60.7 Å². The minimum atomic E-state index is -0.756. The van der Waals surface area contributed by atoms with E-state index in [0.717, 1.165) is 0 Å². The number of amides is 1. The lowest BCUT2D eigenvalue weighted by Crippen LogP contribution is -2.38. The van der Waals surface area contributed by atoms with E-state index in [2.05, 4.69) is 25.3 Å². The molecule has 236 valence electrons. The monoisotopic (exact) mass is 619 g/mol. The summed E-state index contributed by atoms with van der Waals surface area (Å²) in [6.07, 6.45) is 3.35. The number of hydrogen-bond acceptors (Lipinski definition) is 13. The third-order valence-corrected chi connectivity index (χ3v) is 5.90. The van der Waals surface area contributed by atoms with E-state index in [4.69, 9.17) is 31.9 Å². The molecule has 0 aliphatic rings. The molecule has 0 aliphatic heterocycles. The van der Waals surface area contributed by atoms with Gasteiger partial charge in [-0.15, -0.1) is 0 Å². The van der Waals surface area contributed by atoms with Crippen molar-refractivity contribution in [1.29, 1.82) is 0 Å². The molecule has 5 rings (SSSR count). The van der Waals surface area contributed by atoms with E-state index in [-0.39, 0.29) is 58.7 Å². The van der Waals surface area contributed by atoms with Gasteiger partial charge in [0.25, 0.3) is 0 Å². The molecule has 0 saturated carbocycles. The van der Waals surface area contributed by atoms with Crippen molar-refractivity contribution >= 4 is 12.1 Å². The van der Waals surface area contributed by atoms with Crippen molar-refractivity contribution < 1.29 is 41.5 Å². The van der Waals surface area contributed by atoms with Crippen LogP contribution < -0.4 is 5.32 Å². The number of carbonyl (C=O) groups excluding carboxylic acids is 2. The molecule has 0 aliphatic carbocycles. The van der Waals surface area contributed by atoms with Gasteiger partial charge >= 0.3 is 12.1 Å². The van der Waals surface area contributed by atoms with Crippen LogP contribution in [0.2, 0.25) is 0 Å². The zero-order chi connectivity index (χ0) is 32.4. The Morgan fingerprint density at radius 2 is 1.40 bits per heavy atom. The molecule has 1 aromatic carbocycles. The highest BCUT2D eigenvalue weighted by atomic mass is 16.6. The first-order valence-corrected chi connectivity index (χ1v) is 14.0. The van der Waals surface area contributed by atoms with E-state index < -0.39 is 29.3 Å². The van der Waals surface area contributed by atoms with Gasteiger partial charge in [0.15, 0.2) is 28.5 Å². The summed E-state index contributed by atoms with van der Waals surface area (Å²) >= 11 is 0. The van der Waals surface area contributed by atoms with Crippen molar-refractivity contribution in [1.82, 2.24) is 25.3 Å². The second kappa shape index (κ2) is 12.4. The number of methoxy groups -OCH3 is 1. The number of rotatable bonds is 9. The topological polar surface area (TPSA) is 178 Å². The average Bonchev–Trinajstić information content (AvgIpc) is 3.79. The Bertz CT molecular complexity index is 1770. The maximum atomic E-state index is 12.5. The number of nitrogens with zero attached hydrogens (tertiary/aromatic N) is 4. The second-order valence-electron chi connectivity index (χ2n) is 11.8. The number of benzene rings is 1. The summed E-state index contributed by atoms with van der Waals surface area (Å²) in [7, 11) is 1.26. The van der Waals surface area contributed by atoms with Crippen LogP contribution in [0.3, 0.4) is 0 Å². The molecule has 45 heavy (non-hydrogen) atoms. The van der Waals surface area contributed by atoms with Crippen LogP contribution in [0.5, 0.6) is 0 Å². The van der Waals surface area contributed by atoms with Crippen LogP contribution in [-0.4, -0.2) is 56.9 Å². The smallest absolute Gasteiger partial charge is 0.408 e. The van der Waals surface area contributed by atoms with E-state index >= 15 is 0 Å². The zero-order valence-electron chi connectivity index (χ0n) is 25.9. The molecule has 1 amide bonds. The number of alkyl carbamates (subject to hydrolysis) is 1. The molecular formula is C31H33N5O9. The number of esters is 1. The fraction of sp³-hybridized carbons (Fsp3) is 0.355. The molecule has 1 N–H and O–H groups in total. The average molecular weight is 620 g/mol. The van der Waals surface area contributed by atoms with Gasteiger partial charge in [0, 0.05) is 5.56 Å². The summed E-state index contributed by atoms with van der Waals surface area (Å²) in [4.78, 5) is 42.5. The standard InChI is InChI=1S/C31H33N5O9/c1-30(2,3)43-16-21(35-29(38)45-31(4,5)6)26-33-18(14-41-26)24-32-19(13-40-24)25-34-20(15-42-25)27-36-22(28(37)39-7)23(44-27)17-11-9-8-10-12-17/h8-15,21H,16H2,1-7H3,(H,35,38). The van der Waals surface area contributed by atoms with Crippen LogP contribution in [0, 0.1) is 0 Å². The first-order valence-electron chi connectivity index (χ1n) is 14.0. The zero-order valence-corrected chi connectivity index (χ0v) is 25.9. The van der Waals surface area contributed by atoms with Gasteiger partial charge in [0.05, 0.1) is 19.3 Å². The van der Waals surface area contributed by atoms with Gasteiger partial charge in [0.1, 0.15) is 30.4 Å². The van der Waals surface area contributed by atoms with Crippen LogP contribution in [0.15, 0.2) is 66.8 Å². The molecule has 4 heterocycles. The Hall–Kier alpha value is -5.24. The van der Waals surface area contributed by atoms with Crippen molar-refractivity contribution in [2.45, 2.75) is 58.8 Å². The van der Waals surface area contributed by atoms with Crippen LogP contribution in [0.25, 0.3) is 46.1 Å². The first kappa shape index (κ1) is 31.2. The SMILES string of the molecule is COC(=O)c1nc(-c2coc(-c3coc(-c4coc(C(COC(C)(C)C)NC(=O)OC(C)(C)C)n4)n3)n2)oc1-c1ccccc1. The molecule has 5 aromatic rings. The summed E-state index contributed by atoms with van der Waals surface area (Å²) in [6.45, 7) is 11.0. The molecule has 1 unspecified atom stereocenters. The Labute approximate surface area is 258 Å². The second-order valence-corrected chi connectivity index (χ2v) is 11.8. The Balaban J connectivity index is 1.36. The van der Waals surface area contributed by atoms with Crippen LogP contribution >= 0.6 is 0 Å². The highest BCUT2D eigenvalue weighted by Gasteiger charge is 2.28. The fourth-order valence-corrected chi connectivity index (χ4v) is 3.93. The number of oxazole rings is 4. The Morgan fingerprint density at radius 3 is 2.00 bits per heavy atom. The van der Waals surface area contributed by atoms with E-state index in [0.29, 0.717) is 5.56 Å². The van der Waals surface area contributed by atoms with Gasteiger partial charge in [-0.25, -0.2) is 24.5 Å². The van der Waals surface area contributed by atoms with Crippen LogP contribution in [0.1, 0.15) is 64.0 Å². The largest absolute Gasteiger partial charge is 0.464 e. The molecule has 1 atom stereocenters. The molecular weight excluding hydrogens is 586 g/mol. The third-order valence-electron chi connectivity index (χ3n) is 5.90. The maximum Gasteiger partial charge on any atom is 0.408 e. The lowest BCUT2D eigenvalue weighted by molar-refractivity contribution is -0.0207. The predicted molar refractivity (Wildman–Crippen MR) is 158 cm³/mol. The summed E-state index contributed by atoms with van der Waals surface area (Å²) in [5.74, 6) is 0.0100. The third kappa shape index (κ3) is 7.65.